The zero-order valence-electron chi connectivity index (χ0n) is 14.5. The Morgan fingerprint density at radius 3 is 1.31 bits per heavy atom. The van der Waals surface area contributed by atoms with Crippen molar-refractivity contribution in [3.63, 3.8) is 0 Å². The van der Waals surface area contributed by atoms with Crippen LogP contribution >= 0.6 is 0 Å². The molecular weight excluding hydrogens is 344 g/mol. The Kier molecular flexibility index (Phi) is 3.18. The van der Waals surface area contributed by atoms with Gasteiger partial charge in [-0.15, -0.1) is 0 Å². The number of carboxylic acid groups (broad SMARTS) is 4. The van der Waals surface area contributed by atoms with Gasteiger partial charge in [0.2, 0.25) is 0 Å². The predicted molar refractivity (Wildman–Crippen MR) is 83.9 cm³/mol. The second kappa shape index (κ2) is 4.78. The fraction of sp³-hybridized carbons (Fsp3) is 0.778. The van der Waals surface area contributed by atoms with Crippen LogP contribution in [0, 0.1) is 58.2 Å². The number of carbonyl (C=O) groups is 4. The quantitative estimate of drug-likeness (QED) is 0.540. The molecule has 26 heavy (non-hydrogen) atoms. The highest BCUT2D eigenvalue weighted by Gasteiger charge is 2.81. The van der Waals surface area contributed by atoms with Crippen LogP contribution in [0.3, 0.4) is 0 Å². The fourth-order valence-electron chi connectivity index (χ4n) is 8.19. The van der Waals surface area contributed by atoms with Gasteiger partial charge in [-0.2, -0.15) is 0 Å². The number of rotatable bonds is 4. The first-order valence-corrected chi connectivity index (χ1v) is 8.88. The van der Waals surface area contributed by atoms with E-state index in [9.17, 15) is 39.6 Å². The van der Waals surface area contributed by atoms with Crippen molar-refractivity contribution in [2.45, 2.75) is 26.7 Å². The van der Waals surface area contributed by atoms with Gasteiger partial charge in [-0.25, -0.2) is 0 Å². The van der Waals surface area contributed by atoms with Gasteiger partial charge in [0.1, 0.15) is 0 Å². The molecule has 10 unspecified atom stereocenters. The van der Waals surface area contributed by atoms with E-state index in [-0.39, 0.29) is 11.8 Å². The maximum Gasteiger partial charge on any atom is 0.307 e. The van der Waals surface area contributed by atoms with E-state index in [1.54, 1.807) is 13.8 Å². The Morgan fingerprint density at radius 1 is 0.692 bits per heavy atom. The first-order valence-electron chi connectivity index (χ1n) is 8.88. The molecule has 0 spiro atoms. The summed E-state index contributed by atoms with van der Waals surface area (Å²) in [4.78, 5) is 47.5. The third kappa shape index (κ3) is 1.66. The van der Waals surface area contributed by atoms with Crippen LogP contribution in [0.15, 0.2) is 0 Å². The molecule has 4 fully saturated rings. The van der Waals surface area contributed by atoms with Crippen molar-refractivity contribution in [3.8, 4) is 0 Å². The summed E-state index contributed by atoms with van der Waals surface area (Å²) in [6.45, 7) is 3.54. The van der Waals surface area contributed by atoms with Gasteiger partial charge in [0.05, 0.1) is 23.7 Å². The van der Waals surface area contributed by atoms with Crippen molar-refractivity contribution >= 4 is 23.9 Å². The largest absolute Gasteiger partial charge is 0.481 e. The van der Waals surface area contributed by atoms with E-state index >= 15 is 0 Å². The molecule has 0 aromatic rings. The molecule has 10 atom stereocenters. The zero-order valence-corrected chi connectivity index (χ0v) is 14.5. The third-order valence-corrected chi connectivity index (χ3v) is 8.30. The van der Waals surface area contributed by atoms with Crippen molar-refractivity contribution in [2.75, 3.05) is 0 Å². The fourth-order valence-corrected chi connectivity index (χ4v) is 8.19. The molecule has 4 N–H and O–H groups in total. The molecule has 0 saturated heterocycles. The smallest absolute Gasteiger partial charge is 0.307 e. The Balaban J connectivity index is 1.87. The lowest BCUT2D eigenvalue weighted by atomic mass is 9.51. The van der Waals surface area contributed by atoms with Gasteiger partial charge in [0.15, 0.2) is 0 Å². The number of hydrogen-bond acceptors (Lipinski definition) is 4. The summed E-state index contributed by atoms with van der Waals surface area (Å²) in [5.41, 5.74) is -1.66. The van der Waals surface area contributed by atoms with Crippen LogP contribution < -0.4 is 0 Å². The van der Waals surface area contributed by atoms with Crippen molar-refractivity contribution in [1.29, 1.82) is 0 Å². The van der Waals surface area contributed by atoms with Gasteiger partial charge in [-0.3, -0.25) is 19.2 Å². The monoisotopic (exact) mass is 366 g/mol. The lowest BCUT2D eigenvalue weighted by Crippen LogP contribution is -2.56. The maximum absolute atomic E-state index is 12.0. The molecule has 8 nitrogen and oxygen atoms in total. The molecule has 4 bridgehead atoms. The maximum atomic E-state index is 12.0. The summed E-state index contributed by atoms with van der Waals surface area (Å²) < 4.78 is 0. The summed E-state index contributed by atoms with van der Waals surface area (Å²) in [7, 11) is 0. The normalized spacial score (nSPS) is 53.5. The van der Waals surface area contributed by atoms with Crippen molar-refractivity contribution < 1.29 is 39.6 Å². The molecule has 4 aliphatic carbocycles. The van der Waals surface area contributed by atoms with Crippen molar-refractivity contribution in [1.82, 2.24) is 0 Å². The topological polar surface area (TPSA) is 149 Å². The predicted octanol–water partition coefficient (Wildman–Crippen LogP) is 1.10. The molecule has 4 rings (SSSR count). The van der Waals surface area contributed by atoms with E-state index in [0.717, 1.165) is 0 Å². The first-order chi connectivity index (χ1) is 12.0. The number of hydrogen-bond donors (Lipinski definition) is 4. The molecule has 4 saturated carbocycles. The molecule has 0 radical (unpaired) electrons. The highest BCUT2D eigenvalue weighted by molar-refractivity contribution is 5.85. The molecule has 0 aromatic heterocycles. The van der Waals surface area contributed by atoms with E-state index in [4.69, 9.17) is 0 Å². The van der Waals surface area contributed by atoms with Gasteiger partial charge >= 0.3 is 23.9 Å². The van der Waals surface area contributed by atoms with Gasteiger partial charge in [-0.1, -0.05) is 13.8 Å². The number of fused-ring (bicyclic) bond motifs is 9. The van der Waals surface area contributed by atoms with Crippen LogP contribution in [0.4, 0.5) is 0 Å². The van der Waals surface area contributed by atoms with Crippen LogP contribution in [-0.4, -0.2) is 44.3 Å². The molecule has 142 valence electrons. The first kappa shape index (κ1) is 17.3. The Hall–Kier alpha value is -2.12. The molecule has 8 heteroatoms. The zero-order chi connectivity index (χ0) is 19.3. The van der Waals surface area contributed by atoms with Crippen LogP contribution in [0.5, 0.6) is 0 Å². The standard InChI is InChI=1S/C18H22O8/c1-17-4-18(2,12(16(25)26)11(17)15(23)24)10-6-3-5(9(10)17)7(13(19)20)8(6)14(21)22/h5-12H,3-4H2,1-2H3,(H,19,20)(H,21,22)(H,23,24)(H,25,26). The molecule has 4 aliphatic rings. The van der Waals surface area contributed by atoms with Crippen LogP contribution in [0.1, 0.15) is 26.7 Å². The van der Waals surface area contributed by atoms with E-state index < -0.39 is 70.2 Å². The average Bonchev–Trinajstić information content (AvgIpc) is 3.17. The summed E-state index contributed by atoms with van der Waals surface area (Å²) in [5, 5.41) is 38.8. The van der Waals surface area contributed by atoms with E-state index in [1.807, 2.05) is 0 Å². The van der Waals surface area contributed by atoms with E-state index in [0.29, 0.717) is 12.8 Å². The summed E-state index contributed by atoms with van der Waals surface area (Å²) in [6, 6.07) is 0. The van der Waals surface area contributed by atoms with Crippen molar-refractivity contribution in [2.24, 2.45) is 58.2 Å². The summed E-state index contributed by atoms with van der Waals surface area (Å²) >= 11 is 0. The van der Waals surface area contributed by atoms with Gasteiger partial charge in [0, 0.05) is 0 Å². The third-order valence-electron chi connectivity index (χ3n) is 8.30. The van der Waals surface area contributed by atoms with E-state index in [1.165, 1.54) is 0 Å². The molecular formula is C18H22O8. The lowest BCUT2D eigenvalue weighted by molar-refractivity contribution is -0.176. The number of aliphatic carboxylic acids is 4. The van der Waals surface area contributed by atoms with Crippen LogP contribution in [-0.2, 0) is 19.2 Å². The molecule has 0 aliphatic heterocycles. The summed E-state index contributed by atoms with van der Waals surface area (Å²) in [6.07, 6.45) is 0.808. The summed E-state index contributed by atoms with van der Waals surface area (Å²) in [5.74, 6) is -10.2. The highest BCUT2D eigenvalue weighted by Crippen LogP contribution is 2.81. The molecule has 0 heterocycles. The Bertz CT molecular complexity index is 685. The minimum Gasteiger partial charge on any atom is -0.481 e. The average molecular weight is 366 g/mol. The van der Waals surface area contributed by atoms with Crippen molar-refractivity contribution in [3.05, 3.63) is 0 Å². The number of carboxylic acids is 4. The van der Waals surface area contributed by atoms with Gasteiger partial charge < -0.3 is 20.4 Å². The second-order valence-corrected chi connectivity index (χ2v) is 9.16. The SMILES string of the molecule is CC12CC(C)(C(C(=O)O)C1C(=O)O)C1C3CC(C(C(=O)O)C3C(=O)O)C12. The van der Waals surface area contributed by atoms with Gasteiger partial charge in [-0.05, 0) is 47.3 Å². The van der Waals surface area contributed by atoms with Crippen LogP contribution in [0.25, 0.3) is 0 Å². The minimum absolute atomic E-state index is 0.258. The Labute approximate surface area is 149 Å². The van der Waals surface area contributed by atoms with Gasteiger partial charge in [0.25, 0.3) is 0 Å². The van der Waals surface area contributed by atoms with E-state index in [2.05, 4.69) is 0 Å². The lowest BCUT2D eigenvalue weighted by Gasteiger charge is -2.51. The molecule has 0 aromatic carbocycles. The highest BCUT2D eigenvalue weighted by atomic mass is 16.4. The molecule has 0 amide bonds. The van der Waals surface area contributed by atoms with Crippen LogP contribution in [0.2, 0.25) is 0 Å². The second-order valence-electron chi connectivity index (χ2n) is 9.16. The minimum atomic E-state index is -1.16. The Morgan fingerprint density at radius 2 is 1.04 bits per heavy atom.